The average Bonchev–Trinajstić information content (AvgIpc) is 2.32. The van der Waals surface area contributed by atoms with Crippen molar-refractivity contribution in [2.24, 2.45) is 0 Å². The smallest absolute Gasteiger partial charge is 0.338 e. The van der Waals surface area contributed by atoms with E-state index in [1.54, 1.807) is 6.07 Å². The van der Waals surface area contributed by atoms with E-state index in [-0.39, 0.29) is 5.56 Å². The molecule has 0 aliphatic rings. The highest BCUT2D eigenvalue weighted by molar-refractivity contribution is 6.35. The highest BCUT2D eigenvalue weighted by atomic mass is 35.5. The second-order valence-corrected chi connectivity index (χ2v) is 4.44. The lowest BCUT2D eigenvalue weighted by Crippen LogP contribution is -2.01. The van der Waals surface area contributed by atoms with Crippen LogP contribution in [0.15, 0.2) is 36.4 Å². The largest absolute Gasteiger partial charge is 0.478 e. The normalized spacial score (nSPS) is 10.4. The zero-order chi connectivity index (χ0) is 13.3. The fourth-order valence-corrected chi connectivity index (χ4v) is 2.00. The highest BCUT2D eigenvalue weighted by Crippen LogP contribution is 2.33. The van der Waals surface area contributed by atoms with Gasteiger partial charge in [0.25, 0.3) is 0 Å². The van der Waals surface area contributed by atoms with Crippen molar-refractivity contribution in [3.05, 3.63) is 57.8 Å². The molecule has 0 saturated heterocycles. The van der Waals surface area contributed by atoms with Gasteiger partial charge in [0.1, 0.15) is 5.82 Å². The van der Waals surface area contributed by atoms with Crippen LogP contribution in [0.2, 0.25) is 10.0 Å². The van der Waals surface area contributed by atoms with E-state index in [4.69, 9.17) is 28.3 Å². The molecule has 0 radical (unpaired) electrons. The van der Waals surface area contributed by atoms with Crippen molar-refractivity contribution in [1.29, 1.82) is 0 Å². The molecule has 1 N–H and O–H groups in total. The van der Waals surface area contributed by atoms with E-state index in [1.807, 2.05) is 0 Å². The second-order valence-electron chi connectivity index (χ2n) is 3.60. The van der Waals surface area contributed by atoms with E-state index in [1.165, 1.54) is 30.3 Å². The lowest BCUT2D eigenvalue weighted by atomic mass is 10.0. The molecule has 18 heavy (non-hydrogen) atoms. The number of carboxylic acid groups (broad SMARTS) is 1. The Morgan fingerprint density at radius 3 is 2.50 bits per heavy atom. The minimum atomic E-state index is -1.33. The van der Waals surface area contributed by atoms with Crippen LogP contribution in [-0.4, -0.2) is 11.1 Å². The Labute approximate surface area is 113 Å². The maximum Gasteiger partial charge on any atom is 0.338 e. The monoisotopic (exact) mass is 284 g/mol. The summed E-state index contributed by atoms with van der Waals surface area (Å²) in [5, 5.41) is 9.57. The molecule has 0 saturated carbocycles. The SMILES string of the molecule is O=C(O)c1cccc(-c2cc(Cl)ccc2Cl)c1F. The van der Waals surface area contributed by atoms with Crippen LogP contribution in [0.25, 0.3) is 11.1 Å². The molecule has 0 spiro atoms. The zero-order valence-corrected chi connectivity index (χ0v) is 10.5. The number of rotatable bonds is 2. The Hall–Kier alpha value is -1.58. The minimum Gasteiger partial charge on any atom is -0.478 e. The summed E-state index contributed by atoms with van der Waals surface area (Å²) in [7, 11) is 0. The molecule has 0 atom stereocenters. The summed E-state index contributed by atoms with van der Waals surface area (Å²) in [6.07, 6.45) is 0. The Balaban J connectivity index is 2.68. The lowest BCUT2D eigenvalue weighted by molar-refractivity contribution is 0.0692. The van der Waals surface area contributed by atoms with Gasteiger partial charge in [0, 0.05) is 21.2 Å². The summed E-state index contributed by atoms with van der Waals surface area (Å²) in [6, 6.07) is 8.71. The van der Waals surface area contributed by atoms with Crippen molar-refractivity contribution in [3.8, 4) is 11.1 Å². The number of benzene rings is 2. The molecule has 0 heterocycles. The summed E-state index contributed by atoms with van der Waals surface area (Å²) in [5.74, 6) is -2.15. The molecule has 2 aromatic carbocycles. The van der Waals surface area contributed by atoms with Gasteiger partial charge in [-0.3, -0.25) is 0 Å². The van der Waals surface area contributed by atoms with Crippen LogP contribution in [0.5, 0.6) is 0 Å². The third-order valence-electron chi connectivity index (χ3n) is 2.45. The number of carboxylic acids is 1. The maximum absolute atomic E-state index is 14.0. The van der Waals surface area contributed by atoms with Crippen molar-refractivity contribution in [2.75, 3.05) is 0 Å². The van der Waals surface area contributed by atoms with Crippen LogP contribution in [0.1, 0.15) is 10.4 Å². The van der Waals surface area contributed by atoms with Crippen molar-refractivity contribution in [2.45, 2.75) is 0 Å². The van der Waals surface area contributed by atoms with Gasteiger partial charge in [-0.2, -0.15) is 0 Å². The molecule has 2 aromatic rings. The summed E-state index contributed by atoms with van der Waals surface area (Å²) in [5.41, 5.74) is 0.0794. The van der Waals surface area contributed by atoms with Gasteiger partial charge in [-0.1, -0.05) is 35.3 Å². The van der Waals surface area contributed by atoms with Gasteiger partial charge in [-0.25, -0.2) is 9.18 Å². The first-order valence-corrected chi connectivity index (χ1v) is 5.73. The van der Waals surface area contributed by atoms with E-state index in [0.29, 0.717) is 15.6 Å². The van der Waals surface area contributed by atoms with Crippen LogP contribution in [0.4, 0.5) is 4.39 Å². The number of halogens is 3. The second kappa shape index (κ2) is 4.96. The van der Waals surface area contributed by atoms with Crippen LogP contribution < -0.4 is 0 Å². The Kier molecular flexibility index (Phi) is 3.55. The lowest BCUT2D eigenvalue weighted by Gasteiger charge is -2.08. The topological polar surface area (TPSA) is 37.3 Å². The molecule has 2 nitrogen and oxygen atoms in total. The molecule has 0 amide bonds. The van der Waals surface area contributed by atoms with Crippen LogP contribution in [-0.2, 0) is 0 Å². The molecule has 0 bridgehead atoms. The van der Waals surface area contributed by atoms with Gasteiger partial charge in [-0.05, 0) is 24.3 Å². The molecule has 92 valence electrons. The Bertz CT molecular complexity index is 626. The van der Waals surface area contributed by atoms with Gasteiger partial charge in [0.2, 0.25) is 0 Å². The molecular weight excluding hydrogens is 278 g/mol. The molecule has 0 fully saturated rings. The van der Waals surface area contributed by atoms with Crippen molar-refractivity contribution >= 4 is 29.2 Å². The standard InChI is InChI=1S/C13H7Cl2FO2/c14-7-4-5-11(15)10(6-7)8-2-1-3-9(12(8)16)13(17)18/h1-6H,(H,17,18). The minimum absolute atomic E-state index is 0.113. The maximum atomic E-state index is 14.0. The highest BCUT2D eigenvalue weighted by Gasteiger charge is 2.16. The molecule has 2 rings (SSSR count). The van der Waals surface area contributed by atoms with Crippen LogP contribution in [0.3, 0.4) is 0 Å². The summed E-state index contributed by atoms with van der Waals surface area (Å²) in [6.45, 7) is 0. The van der Waals surface area contributed by atoms with Crippen LogP contribution in [0, 0.1) is 5.82 Å². The third kappa shape index (κ3) is 2.33. The third-order valence-corrected chi connectivity index (χ3v) is 3.01. The van der Waals surface area contributed by atoms with Gasteiger partial charge in [0.15, 0.2) is 0 Å². The van der Waals surface area contributed by atoms with Crippen molar-refractivity contribution in [3.63, 3.8) is 0 Å². The molecule has 0 unspecified atom stereocenters. The van der Waals surface area contributed by atoms with E-state index >= 15 is 0 Å². The quantitative estimate of drug-likeness (QED) is 0.882. The molecule has 0 aromatic heterocycles. The number of aromatic carboxylic acids is 1. The van der Waals surface area contributed by atoms with Crippen molar-refractivity contribution in [1.82, 2.24) is 0 Å². The zero-order valence-electron chi connectivity index (χ0n) is 8.95. The number of hydrogen-bond donors (Lipinski definition) is 1. The fraction of sp³-hybridized carbons (Fsp3) is 0. The van der Waals surface area contributed by atoms with E-state index in [2.05, 4.69) is 0 Å². The molecule has 5 heteroatoms. The summed E-state index contributed by atoms with van der Waals surface area (Å²) < 4.78 is 14.0. The van der Waals surface area contributed by atoms with Gasteiger partial charge >= 0.3 is 5.97 Å². The summed E-state index contributed by atoms with van der Waals surface area (Å²) >= 11 is 11.8. The fourth-order valence-electron chi connectivity index (χ4n) is 1.61. The number of carbonyl (C=O) groups is 1. The van der Waals surface area contributed by atoms with Crippen LogP contribution >= 0.6 is 23.2 Å². The van der Waals surface area contributed by atoms with E-state index in [9.17, 15) is 9.18 Å². The Morgan fingerprint density at radius 1 is 1.11 bits per heavy atom. The molecule has 0 aliphatic carbocycles. The van der Waals surface area contributed by atoms with Crippen molar-refractivity contribution < 1.29 is 14.3 Å². The first-order chi connectivity index (χ1) is 8.50. The van der Waals surface area contributed by atoms with Gasteiger partial charge in [-0.15, -0.1) is 0 Å². The van der Waals surface area contributed by atoms with Gasteiger partial charge < -0.3 is 5.11 Å². The first-order valence-electron chi connectivity index (χ1n) is 4.98. The predicted molar refractivity (Wildman–Crippen MR) is 68.8 cm³/mol. The molecule has 0 aliphatic heterocycles. The van der Waals surface area contributed by atoms with Gasteiger partial charge in [0.05, 0.1) is 5.56 Å². The predicted octanol–water partition coefficient (Wildman–Crippen LogP) is 4.50. The first kappa shape index (κ1) is 12.9. The van der Waals surface area contributed by atoms with E-state index in [0.717, 1.165) is 0 Å². The number of hydrogen-bond acceptors (Lipinski definition) is 1. The van der Waals surface area contributed by atoms with E-state index < -0.39 is 17.3 Å². The summed E-state index contributed by atoms with van der Waals surface area (Å²) in [4.78, 5) is 10.9. The Morgan fingerprint density at radius 2 is 1.83 bits per heavy atom. The molecular formula is C13H7Cl2FO2. The average molecular weight is 285 g/mol.